The van der Waals surface area contributed by atoms with Crippen molar-refractivity contribution in [3.8, 4) is 5.75 Å². The van der Waals surface area contributed by atoms with E-state index < -0.39 is 0 Å². The lowest BCUT2D eigenvalue weighted by atomic mass is 10.0. The molecule has 0 bridgehead atoms. The van der Waals surface area contributed by atoms with Gasteiger partial charge < -0.3 is 4.74 Å². The molecule has 0 spiro atoms. The van der Waals surface area contributed by atoms with E-state index in [9.17, 15) is 4.39 Å². The summed E-state index contributed by atoms with van der Waals surface area (Å²) in [4.78, 5) is 0. The zero-order valence-corrected chi connectivity index (χ0v) is 10.5. The Balaban J connectivity index is 2.63. The minimum atomic E-state index is -0.265. The molecular formula is C15H10ClFO. The third-order valence-electron chi connectivity index (χ3n) is 3.08. The first-order valence-electron chi connectivity index (χ1n) is 5.56. The zero-order valence-electron chi connectivity index (χ0n) is 9.71. The van der Waals surface area contributed by atoms with Crippen LogP contribution < -0.4 is 4.74 Å². The Bertz CT molecular complexity index is 752. The molecule has 0 aliphatic carbocycles. The minimum absolute atomic E-state index is 0.265. The highest BCUT2D eigenvalue weighted by atomic mass is 35.5. The van der Waals surface area contributed by atoms with Gasteiger partial charge in [0.2, 0.25) is 0 Å². The van der Waals surface area contributed by atoms with E-state index in [4.69, 9.17) is 16.3 Å². The number of halogens is 2. The summed E-state index contributed by atoms with van der Waals surface area (Å²) in [5, 5.41) is 3.51. The predicted octanol–water partition coefficient (Wildman–Crippen LogP) is 4.79. The summed E-state index contributed by atoms with van der Waals surface area (Å²) in [6, 6.07) is 12.5. The van der Waals surface area contributed by atoms with E-state index >= 15 is 0 Å². The Labute approximate surface area is 109 Å². The summed E-state index contributed by atoms with van der Waals surface area (Å²) >= 11 is 6.11. The lowest BCUT2D eigenvalue weighted by molar-refractivity contribution is 0.420. The largest absolute Gasteiger partial charge is 0.495 e. The SMILES string of the molecule is COc1c(Cl)ccc2ccc3cccc(F)c3c12. The molecule has 1 nitrogen and oxygen atoms in total. The highest BCUT2D eigenvalue weighted by molar-refractivity contribution is 6.34. The van der Waals surface area contributed by atoms with E-state index in [-0.39, 0.29) is 5.82 Å². The van der Waals surface area contributed by atoms with Crippen molar-refractivity contribution in [2.45, 2.75) is 0 Å². The quantitative estimate of drug-likeness (QED) is 0.572. The highest BCUT2D eigenvalue weighted by Crippen LogP contribution is 2.38. The number of hydrogen-bond donors (Lipinski definition) is 0. The van der Waals surface area contributed by atoms with Crippen molar-refractivity contribution in [3.63, 3.8) is 0 Å². The van der Waals surface area contributed by atoms with Crippen molar-refractivity contribution >= 4 is 33.1 Å². The van der Waals surface area contributed by atoms with Gasteiger partial charge in [0.25, 0.3) is 0 Å². The zero-order chi connectivity index (χ0) is 12.7. The van der Waals surface area contributed by atoms with Crippen molar-refractivity contribution in [1.29, 1.82) is 0 Å². The van der Waals surface area contributed by atoms with Crippen molar-refractivity contribution in [2.24, 2.45) is 0 Å². The minimum Gasteiger partial charge on any atom is -0.495 e. The van der Waals surface area contributed by atoms with Crippen molar-refractivity contribution < 1.29 is 9.13 Å². The standard InChI is InChI=1S/C15H10ClFO/c1-18-15-11(16)8-7-10-6-5-9-3-2-4-12(17)13(9)14(10)15/h2-8H,1H3. The molecule has 3 heteroatoms. The molecule has 0 atom stereocenters. The second kappa shape index (κ2) is 4.14. The number of fused-ring (bicyclic) bond motifs is 3. The molecule has 90 valence electrons. The van der Waals surface area contributed by atoms with Gasteiger partial charge in [-0.15, -0.1) is 0 Å². The molecule has 0 heterocycles. The molecule has 0 aliphatic rings. The van der Waals surface area contributed by atoms with Crippen LogP contribution in [0, 0.1) is 5.82 Å². The van der Waals surface area contributed by atoms with Gasteiger partial charge >= 0.3 is 0 Å². The van der Waals surface area contributed by atoms with Crippen LogP contribution in [-0.4, -0.2) is 7.11 Å². The Morgan fingerprint density at radius 3 is 2.33 bits per heavy atom. The van der Waals surface area contributed by atoms with Crippen LogP contribution in [0.25, 0.3) is 21.5 Å². The number of methoxy groups -OCH3 is 1. The van der Waals surface area contributed by atoms with Crippen LogP contribution in [-0.2, 0) is 0 Å². The molecule has 0 fully saturated rings. The van der Waals surface area contributed by atoms with Gasteiger partial charge in [0.1, 0.15) is 11.6 Å². The molecule has 0 aliphatic heterocycles. The molecule has 3 aromatic carbocycles. The van der Waals surface area contributed by atoms with Crippen LogP contribution in [0.2, 0.25) is 5.02 Å². The van der Waals surface area contributed by atoms with Gasteiger partial charge in [-0.05, 0) is 22.9 Å². The fourth-order valence-electron chi connectivity index (χ4n) is 2.29. The first kappa shape index (κ1) is 11.3. The molecule has 3 rings (SSSR count). The van der Waals surface area contributed by atoms with Gasteiger partial charge in [0.15, 0.2) is 0 Å². The van der Waals surface area contributed by atoms with Crippen molar-refractivity contribution in [1.82, 2.24) is 0 Å². The van der Waals surface area contributed by atoms with Gasteiger partial charge in [-0.3, -0.25) is 0 Å². The van der Waals surface area contributed by atoms with Gasteiger partial charge in [-0.25, -0.2) is 4.39 Å². The fourth-order valence-corrected chi connectivity index (χ4v) is 2.53. The van der Waals surface area contributed by atoms with E-state index in [1.165, 1.54) is 6.07 Å². The lowest BCUT2D eigenvalue weighted by Gasteiger charge is -2.11. The molecular weight excluding hydrogens is 251 g/mol. The summed E-state index contributed by atoms with van der Waals surface area (Å²) in [6.07, 6.45) is 0. The van der Waals surface area contributed by atoms with Crippen LogP contribution in [0.5, 0.6) is 5.75 Å². The summed E-state index contributed by atoms with van der Waals surface area (Å²) in [5.74, 6) is 0.253. The first-order chi connectivity index (χ1) is 8.72. The molecule has 0 unspecified atom stereocenters. The van der Waals surface area contributed by atoms with Crippen LogP contribution >= 0.6 is 11.6 Å². The second-order valence-electron chi connectivity index (χ2n) is 4.08. The van der Waals surface area contributed by atoms with E-state index in [0.717, 1.165) is 16.2 Å². The summed E-state index contributed by atoms with van der Waals surface area (Å²) in [5.41, 5.74) is 0. The van der Waals surface area contributed by atoms with Crippen LogP contribution in [0.15, 0.2) is 42.5 Å². The number of rotatable bonds is 1. The Morgan fingerprint density at radius 1 is 0.944 bits per heavy atom. The molecule has 0 saturated heterocycles. The van der Waals surface area contributed by atoms with Crippen molar-refractivity contribution in [2.75, 3.05) is 7.11 Å². The van der Waals surface area contributed by atoms with E-state index in [2.05, 4.69) is 0 Å². The molecule has 0 aromatic heterocycles. The van der Waals surface area contributed by atoms with E-state index in [1.54, 1.807) is 19.2 Å². The van der Waals surface area contributed by atoms with Gasteiger partial charge in [0.05, 0.1) is 12.1 Å². The number of ether oxygens (including phenoxy) is 1. The third-order valence-corrected chi connectivity index (χ3v) is 3.38. The van der Waals surface area contributed by atoms with Gasteiger partial charge in [0, 0.05) is 10.8 Å². The molecule has 0 radical (unpaired) electrons. The summed E-state index contributed by atoms with van der Waals surface area (Å²) in [7, 11) is 1.54. The smallest absolute Gasteiger partial charge is 0.145 e. The molecule has 18 heavy (non-hydrogen) atoms. The third kappa shape index (κ3) is 1.53. The van der Waals surface area contributed by atoms with Crippen LogP contribution in [0.4, 0.5) is 4.39 Å². The maximum atomic E-state index is 14.1. The first-order valence-corrected chi connectivity index (χ1v) is 5.93. The molecule has 0 amide bonds. The monoisotopic (exact) mass is 260 g/mol. The van der Waals surface area contributed by atoms with Crippen LogP contribution in [0.1, 0.15) is 0 Å². The number of hydrogen-bond acceptors (Lipinski definition) is 1. The van der Waals surface area contributed by atoms with E-state index in [0.29, 0.717) is 16.2 Å². The second-order valence-corrected chi connectivity index (χ2v) is 4.49. The number of benzene rings is 3. The fraction of sp³-hybridized carbons (Fsp3) is 0.0667. The Kier molecular flexibility index (Phi) is 2.60. The van der Waals surface area contributed by atoms with Crippen molar-refractivity contribution in [3.05, 3.63) is 53.3 Å². The average molecular weight is 261 g/mol. The topological polar surface area (TPSA) is 9.23 Å². The van der Waals surface area contributed by atoms with Gasteiger partial charge in [-0.2, -0.15) is 0 Å². The average Bonchev–Trinajstić information content (AvgIpc) is 2.38. The normalized spacial score (nSPS) is 11.1. The maximum absolute atomic E-state index is 14.1. The molecule has 0 N–H and O–H groups in total. The summed E-state index contributed by atoms with van der Waals surface area (Å²) < 4.78 is 19.4. The van der Waals surface area contributed by atoms with E-state index in [1.807, 2.05) is 24.3 Å². The Hall–Kier alpha value is -1.80. The summed E-state index contributed by atoms with van der Waals surface area (Å²) in [6.45, 7) is 0. The maximum Gasteiger partial charge on any atom is 0.145 e. The predicted molar refractivity (Wildman–Crippen MR) is 73.0 cm³/mol. The Morgan fingerprint density at radius 2 is 1.61 bits per heavy atom. The lowest BCUT2D eigenvalue weighted by Crippen LogP contribution is -1.89. The molecule has 3 aromatic rings. The van der Waals surface area contributed by atoms with Crippen LogP contribution in [0.3, 0.4) is 0 Å². The van der Waals surface area contributed by atoms with Gasteiger partial charge in [-0.1, -0.05) is 41.9 Å². The highest BCUT2D eigenvalue weighted by Gasteiger charge is 2.12. The molecule has 0 saturated carbocycles.